The van der Waals surface area contributed by atoms with Crippen LogP contribution in [0, 0.1) is 13.8 Å². The normalized spacial score (nSPS) is 18.9. The summed E-state index contributed by atoms with van der Waals surface area (Å²) in [4.78, 5) is 57.0. The van der Waals surface area contributed by atoms with E-state index in [0.29, 0.717) is 26.2 Å². The van der Waals surface area contributed by atoms with E-state index in [4.69, 9.17) is 9.84 Å². The number of carbonyl (C=O) groups excluding carboxylic acids is 3. The third kappa shape index (κ3) is 18.8. The number of alkyl halides is 12. The van der Waals surface area contributed by atoms with Crippen LogP contribution >= 0.6 is 0 Å². The van der Waals surface area contributed by atoms with Crippen LogP contribution in [-0.4, -0.2) is 193 Å². The lowest BCUT2D eigenvalue weighted by Crippen LogP contribution is -2.52. The summed E-state index contributed by atoms with van der Waals surface area (Å²) in [6.45, 7) is 14.5. The van der Waals surface area contributed by atoms with Crippen molar-refractivity contribution in [2.24, 2.45) is 0 Å². The molecule has 0 saturated carbocycles. The molecule has 26 heteroatoms. The molecule has 76 heavy (non-hydrogen) atoms. The van der Waals surface area contributed by atoms with Gasteiger partial charge in [-0.15, -0.1) is 0 Å². The Labute approximate surface area is 433 Å². The Morgan fingerprint density at radius 2 is 0.842 bits per heavy atom. The predicted octanol–water partition coefficient (Wildman–Crippen LogP) is 9.27. The molecule has 0 atom stereocenters. The monoisotopic (exact) mass is 1110 g/mol. The van der Waals surface area contributed by atoms with E-state index in [1.165, 1.54) is 5.56 Å². The first-order chi connectivity index (χ1) is 35.2. The second kappa shape index (κ2) is 25.6. The number of piperidine rings is 2. The zero-order valence-corrected chi connectivity index (χ0v) is 42.9. The SMILES string of the molecule is Cc1ccc(CN2CCN(C(=O)OC(C(F)(F)F)C(F)(F)F)CC2)c(C2CCN(CC(=O)O)CC2)c1.Cc1ccc(CN2CCN(C(=O)OC(C(F)(F)F)C(F)(F)F)CC2)c(C2CCN(CC(=O)OC(C)(C)C)CC2)c1. The first-order valence-electron chi connectivity index (χ1n) is 24.9. The van der Waals surface area contributed by atoms with E-state index in [0.717, 1.165) is 76.4 Å². The minimum atomic E-state index is -5.75. The van der Waals surface area contributed by atoms with Gasteiger partial charge in [0.25, 0.3) is 12.2 Å². The van der Waals surface area contributed by atoms with Gasteiger partial charge in [-0.3, -0.25) is 29.2 Å². The highest BCUT2D eigenvalue weighted by Crippen LogP contribution is 2.39. The zero-order valence-electron chi connectivity index (χ0n) is 42.9. The van der Waals surface area contributed by atoms with Gasteiger partial charge in [-0.25, -0.2) is 9.59 Å². The van der Waals surface area contributed by atoms with Gasteiger partial charge in [-0.1, -0.05) is 47.5 Å². The summed E-state index contributed by atoms with van der Waals surface area (Å²) in [5.41, 5.74) is 6.14. The van der Waals surface area contributed by atoms with Gasteiger partial charge >= 0.3 is 48.8 Å². The second-order valence-electron chi connectivity index (χ2n) is 20.7. The number of piperazine rings is 2. The van der Waals surface area contributed by atoms with Gasteiger partial charge in [0.05, 0.1) is 13.1 Å². The number of nitrogens with zero attached hydrogens (tertiary/aromatic N) is 6. The number of amides is 2. The molecule has 0 aromatic heterocycles. The number of halogens is 12. The number of ether oxygens (including phenoxy) is 3. The van der Waals surface area contributed by atoms with E-state index in [-0.39, 0.29) is 83.3 Å². The average Bonchev–Trinajstić information content (AvgIpc) is 3.30. The molecule has 0 unspecified atom stereocenters. The standard InChI is InChI=1S/C27H37F6N3O4.C23H29F6N3O4/c1-18-5-6-20(21(15-18)19-7-9-34(10-8-19)17-22(37)40-25(2,3)4)16-35-11-13-36(14-12-35)24(38)39-23(26(28,29)30)27(31,32)33;1-15-2-3-17(18(12-15)16-4-6-30(7-5-16)14-19(33)34)13-31-8-10-32(11-9-31)21(35)36-20(22(24,25)26)23(27,28)29/h5-6,15,19,23H,7-14,16-17H2,1-4H3;2-3,12,16,20H,4-11,13-14H2,1H3,(H,33,34). The first kappa shape index (κ1) is 61.8. The summed E-state index contributed by atoms with van der Waals surface area (Å²) in [6, 6.07) is 12.3. The molecule has 428 valence electrons. The molecular formula is C50H66F12N6O8. The molecular weight excluding hydrogens is 1040 g/mol. The molecule has 4 fully saturated rings. The van der Waals surface area contributed by atoms with Gasteiger partial charge in [0.1, 0.15) is 5.60 Å². The van der Waals surface area contributed by atoms with Crippen molar-refractivity contribution < 1.29 is 91.2 Å². The predicted molar refractivity (Wildman–Crippen MR) is 251 cm³/mol. The van der Waals surface area contributed by atoms with Crippen LogP contribution in [0.1, 0.15) is 91.7 Å². The first-order valence-corrected chi connectivity index (χ1v) is 24.9. The molecule has 2 amide bonds. The fraction of sp³-hybridized carbons (Fsp3) is 0.680. The van der Waals surface area contributed by atoms with Gasteiger partial charge in [-0.2, -0.15) is 52.7 Å². The van der Waals surface area contributed by atoms with Crippen LogP contribution in [0.3, 0.4) is 0 Å². The second-order valence-corrected chi connectivity index (χ2v) is 20.7. The van der Waals surface area contributed by atoms with Crippen LogP contribution in [0.4, 0.5) is 62.3 Å². The van der Waals surface area contributed by atoms with Gasteiger partial charge in [0.15, 0.2) is 0 Å². The van der Waals surface area contributed by atoms with Gasteiger partial charge < -0.3 is 29.1 Å². The van der Waals surface area contributed by atoms with E-state index >= 15 is 0 Å². The zero-order chi connectivity index (χ0) is 56.6. The summed E-state index contributed by atoms with van der Waals surface area (Å²) in [5.74, 6) is -0.580. The highest BCUT2D eigenvalue weighted by molar-refractivity contribution is 5.72. The third-order valence-corrected chi connectivity index (χ3v) is 13.5. The maximum atomic E-state index is 12.8. The van der Waals surface area contributed by atoms with Crippen LogP contribution in [-0.2, 0) is 36.9 Å². The van der Waals surface area contributed by atoms with Crippen LogP contribution < -0.4 is 0 Å². The molecule has 6 rings (SSSR count). The number of hydrogen-bond donors (Lipinski definition) is 1. The molecule has 0 bridgehead atoms. The minimum Gasteiger partial charge on any atom is -0.480 e. The molecule has 2 aromatic rings. The lowest BCUT2D eigenvalue weighted by molar-refractivity contribution is -0.309. The van der Waals surface area contributed by atoms with E-state index in [1.54, 1.807) is 0 Å². The number of carboxylic acids is 1. The van der Waals surface area contributed by atoms with Gasteiger partial charge in [0.2, 0.25) is 0 Å². The number of esters is 1. The van der Waals surface area contributed by atoms with Crippen molar-refractivity contribution in [3.8, 4) is 0 Å². The number of aryl methyl sites for hydroxylation is 2. The number of aliphatic carboxylic acids is 1. The van der Waals surface area contributed by atoms with E-state index in [2.05, 4.69) is 26.5 Å². The number of rotatable bonds is 12. The van der Waals surface area contributed by atoms with Crippen molar-refractivity contribution in [1.29, 1.82) is 0 Å². The highest BCUT2D eigenvalue weighted by atomic mass is 19.4. The minimum absolute atomic E-state index is 0.00674. The smallest absolute Gasteiger partial charge is 0.434 e. The van der Waals surface area contributed by atoms with Crippen LogP contribution in [0.5, 0.6) is 0 Å². The molecule has 4 heterocycles. The quantitative estimate of drug-likeness (QED) is 0.123. The number of benzene rings is 2. The van der Waals surface area contributed by atoms with Crippen molar-refractivity contribution in [2.45, 2.75) is 128 Å². The molecule has 4 saturated heterocycles. The van der Waals surface area contributed by atoms with E-state index in [1.807, 2.05) is 73.6 Å². The molecule has 0 radical (unpaired) electrons. The van der Waals surface area contributed by atoms with E-state index < -0.39 is 60.7 Å². The highest BCUT2D eigenvalue weighted by Gasteiger charge is 2.61. The summed E-state index contributed by atoms with van der Waals surface area (Å²) < 4.78 is 166. The maximum absolute atomic E-state index is 12.8. The molecule has 1 N–H and O–H groups in total. The Morgan fingerprint density at radius 3 is 1.14 bits per heavy atom. The average molecular weight is 1110 g/mol. The maximum Gasteiger partial charge on any atom is 0.434 e. The molecule has 4 aliphatic heterocycles. The third-order valence-electron chi connectivity index (χ3n) is 13.5. The Bertz CT molecular complexity index is 2230. The molecule has 0 spiro atoms. The largest absolute Gasteiger partial charge is 0.480 e. The van der Waals surface area contributed by atoms with Crippen molar-refractivity contribution in [3.05, 3.63) is 69.8 Å². The number of likely N-dealkylation sites (tertiary alicyclic amines) is 2. The fourth-order valence-corrected chi connectivity index (χ4v) is 9.68. The summed E-state index contributed by atoms with van der Waals surface area (Å²) in [7, 11) is 0. The Morgan fingerprint density at radius 1 is 0.513 bits per heavy atom. The lowest BCUT2D eigenvalue weighted by atomic mass is 9.85. The van der Waals surface area contributed by atoms with Crippen molar-refractivity contribution in [1.82, 2.24) is 29.4 Å². The number of hydrogen-bond acceptors (Lipinski definition) is 11. The molecule has 14 nitrogen and oxygen atoms in total. The molecule has 0 aliphatic carbocycles. The lowest BCUT2D eigenvalue weighted by Gasteiger charge is -2.36. The van der Waals surface area contributed by atoms with Crippen LogP contribution in [0.2, 0.25) is 0 Å². The number of carbonyl (C=O) groups is 4. The Hall–Kier alpha value is -5.08. The molecule has 4 aliphatic rings. The molecule has 2 aromatic carbocycles. The number of carboxylic acid groups (broad SMARTS) is 1. The van der Waals surface area contributed by atoms with Crippen LogP contribution in [0.25, 0.3) is 0 Å². The van der Waals surface area contributed by atoms with E-state index in [9.17, 15) is 71.9 Å². The Balaban J connectivity index is 0.000000282. The van der Waals surface area contributed by atoms with Crippen molar-refractivity contribution in [3.63, 3.8) is 0 Å². The van der Waals surface area contributed by atoms with Crippen LogP contribution in [0.15, 0.2) is 36.4 Å². The summed E-state index contributed by atoms with van der Waals surface area (Å²) in [5, 5.41) is 9.00. The summed E-state index contributed by atoms with van der Waals surface area (Å²) >= 11 is 0. The topological polar surface area (TPSA) is 136 Å². The van der Waals surface area contributed by atoms with Gasteiger partial charge in [0, 0.05) is 65.4 Å². The Kier molecular flexibility index (Phi) is 20.8. The van der Waals surface area contributed by atoms with Gasteiger partial charge in [-0.05, 0) is 121 Å². The van der Waals surface area contributed by atoms with Crippen molar-refractivity contribution >= 4 is 24.1 Å². The van der Waals surface area contributed by atoms with Crippen molar-refractivity contribution in [2.75, 3.05) is 91.6 Å². The summed E-state index contributed by atoms with van der Waals surface area (Å²) in [6.07, 6.45) is -31.2. The fourth-order valence-electron chi connectivity index (χ4n) is 9.68.